The lowest BCUT2D eigenvalue weighted by molar-refractivity contribution is 0.324. The molecule has 3 aromatic heterocycles. The van der Waals surface area contributed by atoms with Gasteiger partial charge in [-0.05, 0) is 30.7 Å². The lowest BCUT2D eigenvalue weighted by Crippen LogP contribution is -2.04. The first-order valence-corrected chi connectivity index (χ1v) is 12.4. The van der Waals surface area contributed by atoms with Crippen molar-refractivity contribution < 1.29 is 23.0 Å². The lowest BCUT2D eigenvalue weighted by Gasteiger charge is -2.12. The molecule has 0 saturated heterocycles. The van der Waals surface area contributed by atoms with Gasteiger partial charge in [0.15, 0.2) is 22.5 Å². The fourth-order valence-corrected chi connectivity index (χ4v) is 4.65. The van der Waals surface area contributed by atoms with E-state index in [0.717, 1.165) is 27.9 Å². The van der Waals surface area contributed by atoms with Gasteiger partial charge in [0, 0.05) is 5.56 Å². The van der Waals surface area contributed by atoms with Gasteiger partial charge in [0.05, 0.1) is 45.5 Å². The summed E-state index contributed by atoms with van der Waals surface area (Å²) in [6.07, 6.45) is 1.65. The zero-order valence-electron chi connectivity index (χ0n) is 20.8. The van der Waals surface area contributed by atoms with Crippen molar-refractivity contribution in [3.63, 3.8) is 0 Å². The van der Waals surface area contributed by atoms with Crippen molar-refractivity contribution >= 4 is 11.8 Å². The van der Waals surface area contributed by atoms with Crippen molar-refractivity contribution in [2.24, 2.45) is 0 Å². The molecule has 0 N–H and O–H groups in total. The van der Waals surface area contributed by atoms with Crippen LogP contribution in [-0.4, -0.2) is 46.3 Å². The second kappa shape index (κ2) is 10.8. The Hall–Kier alpha value is -4.25. The highest BCUT2D eigenvalue weighted by Gasteiger charge is 2.20. The molecule has 5 rings (SSSR count). The number of benzene rings is 2. The standard InChI is InChI=1S/C26H25N5O5S/c1-16-19(10-11-35-16)24-28-30-26(31(24)14-17-8-6-5-7-9-17)37-15-22-27-29-25(36-22)18-12-20(32-2)23(34-4)21(13-18)33-3/h5-13H,14-15H2,1-4H3. The molecule has 37 heavy (non-hydrogen) atoms. The number of methoxy groups -OCH3 is 3. The fraction of sp³-hybridized carbons (Fsp3) is 0.231. The third-order valence-corrected chi connectivity index (χ3v) is 6.65. The van der Waals surface area contributed by atoms with Crippen LogP contribution in [0, 0.1) is 6.92 Å². The highest BCUT2D eigenvalue weighted by molar-refractivity contribution is 7.98. The average molecular weight is 520 g/mol. The topological polar surface area (TPSA) is 110 Å². The summed E-state index contributed by atoms with van der Waals surface area (Å²) in [4.78, 5) is 0. The molecule has 0 aliphatic heterocycles. The molecule has 190 valence electrons. The number of rotatable bonds is 10. The molecule has 0 saturated carbocycles. The van der Waals surface area contributed by atoms with Gasteiger partial charge in [0.25, 0.3) is 0 Å². The molecule has 2 aromatic carbocycles. The zero-order valence-corrected chi connectivity index (χ0v) is 21.6. The molecular formula is C26H25N5O5S. The minimum Gasteiger partial charge on any atom is -0.493 e. The molecule has 0 radical (unpaired) electrons. The van der Waals surface area contributed by atoms with Gasteiger partial charge in [0.2, 0.25) is 17.5 Å². The Bertz CT molecular complexity index is 1470. The van der Waals surface area contributed by atoms with Crippen LogP contribution in [0.1, 0.15) is 17.2 Å². The van der Waals surface area contributed by atoms with Crippen LogP contribution in [0.15, 0.2) is 68.8 Å². The second-order valence-electron chi connectivity index (χ2n) is 7.97. The number of thioether (sulfide) groups is 1. The Morgan fingerprint density at radius 2 is 1.65 bits per heavy atom. The van der Waals surface area contributed by atoms with E-state index in [-0.39, 0.29) is 0 Å². The molecule has 0 unspecified atom stereocenters. The number of aromatic nitrogens is 5. The van der Waals surface area contributed by atoms with Crippen LogP contribution in [0.25, 0.3) is 22.8 Å². The third-order valence-electron chi connectivity index (χ3n) is 5.70. The molecule has 0 bridgehead atoms. The van der Waals surface area contributed by atoms with Gasteiger partial charge in [-0.1, -0.05) is 42.1 Å². The Balaban J connectivity index is 1.40. The molecule has 11 heteroatoms. The van der Waals surface area contributed by atoms with E-state index in [1.54, 1.807) is 39.7 Å². The minimum absolute atomic E-state index is 0.343. The number of furan rings is 1. The number of aryl methyl sites for hydroxylation is 1. The van der Waals surface area contributed by atoms with Gasteiger partial charge < -0.3 is 23.0 Å². The van der Waals surface area contributed by atoms with Gasteiger partial charge in [-0.3, -0.25) is 4.57 Å². The van der Waals surface area contributed by atoms with Gasteiger partial charge in [-0.15, -0.1) is 20.4 Å². The van der Waals surface area contributed by atoms with E-state index in [0.29, 0.717) is 46.9 Å². The average Bonchev–Trinajstić information content (AvgIpc) is 3.67. The van der Waals surface area contributed by atoms with E-state index < -0.39 is 0 Å². The Labute approximate surface area is 217 Å². The third kappa shape index (κ3) is 5.03. The first-order chi connectivity index (χ1) is 18.1. The van der Waals surface area contributed by atoms with Crippen LogP contribution in [-0.2, 0) is 12.3 Å². The smallest absolute Gasteiger partial charge is 0.248 e. The maximum Gasteiger partial charge on any atom is 0.248 e. The summed E-state index contributed by atoms with van der Waals surface area (Å²) < 4.78 is 29.8. The zero-order chi connectivity index (χ0) is 25.8. The number of hydrogen-bond donors (Lipinski definition) is 0. The Kier molecular flexibility index (Phi) is 7.13. The molecule has 10 nitrogen and oxygen atoms in total. The van der Waals surface area contributed by atoms with Crippen molar-refractivity contribution in [1.82, 2.24) is 25.0 Å². The molecule has 3 heterocycles. The summed E-state index contributed by atoms with van der Waals surface area (Å²) in [7, 11) is 4.67. The van der Waals surface area contributed by atoms with Crippen LogP contribution in [0.3, 0.4) is 0 Å². The van der Waals surface area contributed by atoms with E-state index in [1.807, 2.05) is 31.2 Å². The lowest BCUT2D eigenvalue weighted by atomic mass is 10.2. The summed E-state index contributed by atoms with van der Waals surface area (Å²) in [5, 5.41) is 18.1. The second-order valence-corrected chi connectivity index (χ2v) is 8.91. The Morgan fingerprint density at radius 1 is 0.892 bits per heavy atom. The van der Waals surface area contributed by atoms with E-state index in [9.17, 15) is 0 Å². The SMILES string of the molecule is COc1cc(-c2nnc(CSc3nnc(-c4ccoc4C)n3Cc3ccccc3)o2)cc(OC)c1OC. The van der Waals surface area contributed by atoms with Gasteiger partial charge >= 0.3 is 0 Å². The van der Waals surface area contributed by atoms with Crippen LogP contribution in [0.4, 0.5) is 0 Å². The van der Waals surface area contributed by atoms with E-state index >= 15 is 0 Å². The normalized spacial score (nSPS) is 11.0. The minimum atomic E-state index is 0.343. The van der Waals surface area contributed by atoms with Crippen molar-refractivity contribution in [2.45, 2.75) is 24.4 Å². The Morgan fingerprint density at radius 3 is 2.30 bits per heavy atom. The maximum atomic E-state index is 5.95. The van der Waals surface area contributed by atoms with E-state index in [2.05, 4.69) is 37.1 Å². The first kappa shape index (κ1) is 24.4. The molecule has 0 fully saturated rings. The molecule has 0 amide bonds. The van der Waals surface area contributed by atoms with Gasteiger partial charge in [-0.2, -0.15) is 0 Å². The first-order valence-electron chi connectivity index (χ1n) is 11.4. The quantitative estimate of drug-likeness (QED) is 0.226. The van der Waals surface area contributed by atoms with Gasteiger partial charge in [0.1, 0.15) is 5.76 Å². The summed E-state index contributed by atoms with van der Waals surface area (Å²) in [5.41, 5.74) is 2.69. The summed E-state index contributed by atoms with van der Waals surface area (Å²) in [5.74, 6) is 4.22. The summed E-state index contributed by atoms with van der Waals surface area (Å²) >= 11 is 1.47. The van der Waals surface area contributed by atoms with Crippen molar-refractivity contribution in [1.29, 1.82) is 0 Å². The number of ether oxygens (including phenoxy) is 3. The maximum absolute atomic E-state index is 5.95. The predicted octanol–water partition coefficient (Wildman–Crippen LogP) is 5.26. The monoisotopic (exact) mass is 519 g/mol. The molecule has 0 atom stereocenters. The van der Waals surface area contributed by atoms with Crippen LogP contribution in [0.5, 0.6) is 17.2 Å². The molecular weight excluding hydrogens is 494 g/mol. The van der Waals surface area contributed by atoms with E-state index in [1.165, 1.54) is 11.8 Å². The van der Waals surface area contributed by atoms with Crippen LogP contribution in [0.2, 0.25) is 0 Å². The molecule has 0 aliphatic carbocycles. The highest BCUT2D eigenvalue weighted by Crippen LogP contribution is 2.41. The fourth-order valence-electron chi connectivity index (χ4n) is 3.88. The van der Waals surface area contributed by atoms with Crippen LogP contribution < -0.4 is 14.2 Å². The summed E-state index contributed by atoms with van der Waals surface area (Å²) in [6.45, 7) is 2.52. The predicted molar refractivity (Wildman–Crippen MR) is 137 cm³/mol. The molecule has 0 spiro atoms. The molecule has 0 aliphatic rings. The highest BCUT2D eigenvalue weighted by atomic mass is 32.2. The van der Waals surface area contributed by atoms with Crippen molar-refractivity contribution in [2.75, 3.05) is 21.3 Å². The van der Waals surface area contributed by atoms with Crippen molar-refractivity contribution in [3.05, 3.63) is 72.0 Å². The number of hydrogen-bond acceptors (Lipinski definition) is 10. The number of nitrogens with zero attached hydrogens (tertiary/aromatic N) is 5. The molecule has 5 aromatic rings. The van der Waals surface area contributed by atoms with E-state index in [4.69, 9.17) is 23.0 Å². The van der Waals surface area contributed by atoms with Crippen molar-refractivity contribution in [3.8, 4) is 40.1 Å². The van der Waals surface area contributed by atoms with Gasteiger partial charge in [-0.25, -0.2) is 0 Å². The largest absolute Gasteiger partial charge is 0.493 e. The summed E-state index contributed by atoms with van der Waals surface area (Å²) in [6, 6.07) is 15.6. The van der Waals surface area contributed by atoms with Crippen LogP contribution >= 0.6 is 11.8 Å².